The Morgan fingerprint density at radius 2 is 1.95 bits per heavy atom. The molecule has 0 bridgehead atoms. The zero-order chi connectivity index (χ0) is 15.2. The zero-order valence-corrected chi connectivity index (χ0v) is 12.3. The smallest absolute Gasteiger partial charge is 0.258 e. The molecule has 2 rings (SSSR count). The lowest BCUT2D eigenvalue weighted by Crippen LogP contribution is -2.13. The highest BCUT2D eigenvalue weighted by Crippen LogP contribution is 2.28. The van der Waals surface area contributed by atoms with E-state index in [4.69, 9.17) is 9.47 Å². The summed E-state index contributed by atoms with van der Waals surface area (Å²) in [5, 5.41) is 9.14. The molecule has 1 heterocycles. The quantitative estimate of drug-likeness (QED) is 0.851. The lowest BCUT2D eigenvalue weighted by atomic mass is 10.2. The number of benzene rings is 1. The van der Waals surface area contributed by atoms with Crippen LogP contribution >= 0.6 is 0 Å². The highest BCUT2D eigenvalue weighted by atomic mass is 16.5. The number of H-pyrrole nitrogens is 1. The van der Waals surface area contributed by atoms with Crippen LogP contribution in [0.5, 0.6) is 11.5 Å². The molecule has 0 aliphatic rings. The van der Waals surface area contributed by atoms with Crippen molar-refractivity contribution in [1.29, 1.82) is 0 Å². The van der Waals surface area contributed by atoms with Gasteiger partial charge in [0.25, 0.3) is 5.91 Å². The minimum absolute atomic E-state index is 0.240. The standard InChI is InChI=1S/C14H18N4O3/c1-4-20-11-7-6-10(8-12(11)21-5-2)13(19)16-14-15-9(3)17-18-14/h6-8H,4-5H2,1-3H3,(H2,15,16,17,18,19). The molecule has 7 nitrogen and oxygen atoms in total. The third kappa shape index (κ3) is 3.71. The van der Waals surface area contributed by atoms with Gasteiger partial charge in [0.1, 0.15) is 5.82 Å². The first-order valence-corrected chi connectivity index (χ1v) is 6.74. The Balaban J connectivity index is 2.18. The number of nitrogens with one attached hydrogen (secondary N) is 2. The maximum absolute atomic E-state index is 12.1. The second kappa shape index (κ2) is 6.74. The van der Waals surface area contributed by atoms with Gasteiger partial charge in [-0.3, -0.25) is 15.2 Å². The summed E-state index contributed by atoms with van der Waals surface area (Å²) >= 11 is 0. The van der Waals surface area contributed by atoms with Crippen molar-refractivity contribution in [3.63, 3.8) is 0 Å². The number of hydrogen-bond donors (Lipinski definition) is 2. The summed E-state index contributed by atoms with van der Waals surface area (Å²) in [6.45, 7) is 6.54. The number of aromatic amines is 1. The fourth-order valence-corrected chi connectivity index (χ4v) is 1.76. The zero-order valence-electron chi connectivity index (χ0n) is 12.3. The number of ether oxygens (including phenoxy) is 2. The molecule has 2 N–H and O–H groups in total. The molecule has 0 aliphatic heterocycles. The van der Waals surface area contributed by atoms with Crippen molar-refractivity contribution in [3.05, 3.63) is 29.6 Å². The minimum atomic E-state index is -0.307. The fourth-order valence-electron chi connectivity index (χ4n) is 1.76. The van der Waals surface area contributed by atoms with Gasteiger partial charge in [0.2, 0.25) is 5.95 Å². The fraction of sp³-hybridized carbons (Fsp3) is 0.357. The number of hydrogen-bond acceptors (Lipinski definition) is 5. The predicted octanol–water partition coefficient (Wildman–Crippen LogP) is 2.16. The Bertz CT molecular complexity index is 624. The Labute approximate surface area is 122 Å². The van der Waals surface area contributed by atoms with Crippen molar-refractivity contribution in [2.45, 2.75) is 20.8 Å². The van der Waals surface area contributed by atoms with Gasteiger partial charge in [-0.2, -0.15) is 4.98 Å². The lowest BCUT2D eigenvalue weighted by molar-refractivity contribution is 0.102. The first-order chi connectivity index (χ1) is 10.1. The van der Waals surface area contributed by atoms with Crippen LogP contribution in [0.2, 0.25) is 0 Å². The molecule has 0 unspecified atom stereocenters. The summed E-state index contributed by atoms with van der Waals surface area (Å²) in [6.07, 6.45) is 0. The van der Waals surface area contributed by atoms with Crippen molar-refractivity contribution in [2.75, 3.05) is 18.5 Å². The van der Waals surface area contributed by atoms with E-state index in [0.29, 0.717) is 36.1 Å². The molecule has 0 fully saturated rings. The summed E-state index contributed by atoms with van der Waals surface area (Å²) in [7, 11) is 0. The number of aryl methyl sites for hydroxylation is 1. The van der Waals surface area contributed by atoms with Gasteiger partial charge in [-0.1, -0.05) is 0 Å². The van der Waals surface area contributed by atoms with Gasteiger partial charge < -0.3 is 9.47 Å². The molecule has 0 saturated heterocycles. The Hall–Kier alpha value is -2.57. The van der Waals surface area contributed by atoms with Gasteiger partial charge in [-0.15, -0.1) is 5.10 Å². The summed E-state index contributed by atoms with van der Waals surface area (Å²) in [4.78, 5) is 16.2. The molecule has 0 radical (unpaired) electrons. The van der Waals surface area contributed by atoms with E-state index in [-0.39, 0.29) is 11.9 Å². The van der Waals surface area contributed by atoms with Gasteiger partial charge in [0, 0.05) is 5.56 Å². The maximum Gasteiger partial charge on any atom is 0.258 e. The van der Waals surface area contributed by atoms with E-state index in [1.54, 1.807) is 25.1 Å². The van der Waals surface area contributed by atoms with Crippen LogP contribution in [-0.2, 0) is 0 Å². The van der Waals surface area contributed by atoms with Crippen LogP contribution in [-0.4, -0.2) is 34.3 Å². The Morgan fingerprint density at radius 3 is 2.57 bits per heavy atom. The maximum atomic E-state index is 12.1. The summed E-state index contributed by atoms with van der Waals surface area (Å²) in [6, 6.07) is 5.03. The van der Waals surface area contributed by atoms with Crippen molar-refractivity contribution in [3.8, 4) is 11.5 Å². The number of carbonyl (C=O) groups excluding carboxylic acids is 1. The molecular weight excluding hydrogens is 272 g/mol. The van der Waals surface area contributed by atoms with Crippen molar-refractivity contribution in [1.82, 2.24) is 15.2 Å². The number of amides is 1. The Kier molecular flexibility index (Phi) is 4.76. The van der Waals surface area contributed by atoms with Crippen LogP contribution in [0.15, 0.2) is 18.2 Å². The van der Waals surface area contributed by atoms with E-state index < -0.39 is 0 Å². The van der Waals surface area contributed by atoms with Crippen LogP contribution in [0.25, 0.3) is 0 Å². The largest absolute Gasteiger partial charge is 0.490 e. The molecule has 112 valence electrons. The molecule has 0 atom stereocenters. The summed E-state index contributed by atoms with van der Waals surface area (Å²) in [5.41, 5.74) is 0.448. The van der Waals surface area contributed by atoms with Gasteiger partial charge in [0.15, 0.2) is 11.5 Å². The first-order valence-electron chi connectivity index (χ1n) is 6.74. The van der Waals surface area contributed by atoms with Crippen LogP contribution in [0, 0.1) is 6.92 Å². The number of rotatable bonds is 6. The Morgan fingerprint density at radius 1 is 1.24 bits per heavy atom. The lowest BCUT2D eigenvalue weighted by Gasteiger charge is -2.12. The number of carbonyl (C=O) groups is 1. The average Bonchev–Trinajstić information content (AvgIpc) is 2.86. The first kappa shape index (κ1) is 14.8. The molecular formula is C14H18N4O3. The topological polar surface area (TPSA) is 89.1 Å². The number of anilines is 1. The van der Waals surface area contributed by atoms with Crippen LogP contribution in [0.1, 0.15) is 30.0 Å². The molecule has 21 heavy (non-hydrogen) atoms. The highest BCUT2D eigenvalue weighted by molar-refractivity contribution is 6.03. The van der Waals surface area contributed by atoms with E-state index in [9.17, 15) is 4.79 Å². The molecule has 1 aromatic carbocycles. The van der Waals surface area contributed by atoms with E-state index in [1.807, 2.05) is 13.8 Å². The summed E-state index contributed by atoms with van der Waals surface area (Å²) in [5.74, 6) is 1.72. The SMILES string of the molecule is CCOc1ccc(C(=O)Nc2n[nH]c(C)n2)cc1OCC. The van der Waals surface area contributed by atoms with Crippen molar-refractivity contribution >= 4 is 11.9 Å². The minimum Gasteiger partial charge on any atom is -0.490 e. The van der Waals surface area contributed by atoms with Gasteiger partial charge in [0.05, 0.1) is 13.2 Å². The van der Waals surface area contributed by atoms with E-state index >= 15 is 0 Å². The molecule has 0 spiro atoms. The highest BCUT2D eigenvalue weighted by Gasteiger charge is 2.13. The molecule has 1 amide bonds. The van der Waals surface area contributed by atoms with Crippen LogP contribution < -0.4 is 14.8 Å². The van der Waals surface area contributed by atoms with Gasteiger partial charge in [-0.05, 0) is 39.0 Å². The van der Waals surface area contributed by atoms with Gasteiger partial charge in [-0.25, -0.2) is 0 Å². The average molecular weight is 290 g/mol. The third-order valence-electron chi connectivity index (χ3n) is 2.63. The normalized spacial score (nSPS) is 10.2. The number of nitrogens with zero attached hydrogens (tertiary/aromatic N) is 2. The van der Waals surface area contributed by atoms with Crippen LogP contribution in [0.3, 0.4) is 0 Å². The predicted molar refractivity (Wildman–Crippen MR) is 77.9 cm³/mol. The van der Waals surface area contributed by atoms with Crippen molar-refractivity contribution < 1.29 is 14.3 Å². The molecule has 2 aromatic rings. The van der Waals surface area contributed by atoms with Crippen LogP contribution in [0.4, 0.5) is 5.95 Å². The third-order valence-corrected chi connectivity index (χ3v) is 2.63. The molecule has 1 aromatic heterocycles. The van der Waals surface area contributed by atoms with E-state index in [0.717, 1.165) is 0 Å². The summed E-state index contributed by atoms with van der Waals surface area (Å²) < 4.78 is 11.0. The van der Waals surface area contributed by atoms with Crippen molar-refractivity contribution in [2.24, 2.45) is 0 Å². The molecule has 0 aliphatic carbocycles. The monoisotopic (exact) mass is 290 g/mol. The van der Waals surface area contributed by atoms with Gasteiger partial charge >= 0.3 is 0 Å². The van der Waals surface area contributed by atoms with E-state index in [2.05, 4.69) is 20.5 Å². The number of aromatic nitrogens is 3. The second-order valence-corrected chi connectivity index (χ2v) is 4.23. The van der Waals surface area contributed by atoms with E-state index in [1.165, 1.54) is 0 Å². The molecule has 0 saturated carbocycles. The molecule has 7 heteroatoms. The second-order valence-electron chi connectivity index (χ2n) is 4.23.